The Morgan fingerprint density at radius 2 is 2.17 bits per heavy atom. The molecule has 0 aliphatic carbocycles. The molecular formula is C18H23N3OS. The average Bonchev–Trinajstić information content (AvgIpc) is 3.04. The number of thioether (sulfide) groups is 1. The van der Waals surface area contributed by atoms with Crippen molar-refractivity contribution >= 4 is 17.7 Å². The smallest absolute Gasteiger partial charge is 0.228 e. The number of hydrogen-bond donors (Lipinski definition) is 1. The van der Waals surface area contributed by atoms with Crippen LogP contribution in [0.4, 0.5) is 0 Å². The van der Waals surface area contributed by atoms with Gasteiger partial charge in [0.25, 0.3) is 0 Å². The fraction of sp³-hybridized carbons (Fsp3) is 0.444. The van der Waals surface area contributed by atoms with Crippen LogP contribution in [0.2, 0.25) is 0 Å². The third-order valence-electron chi connectivity index (χ3n) is 4.57. The molecule has 122 valence electrons. The summed E-state index contributed by atoms with van der Waals surface area (Å²) in [5.74, 6) is 0.937. The molecule has 23 heavy (non-hydrogen) atoms. The van der Waals surface area contributed by atoms with Gasteiger partial charge in [-0.3, -0.25) is 9.48 Å². The molecule has 5 heteroatoms. The van der Waals surface area contributed by atoms with E-state index in [0.717, 1.165) is 23.4 Å². The summed E-state index contributed by atoms with van der Waals surface area (Å²) in [7, 11) is 1.96. The minimum absolute atomic E-state index is 0.0326. The van der Waals surface area contributed by atoms with E-state index < -0.39 is 0 Å². The van der Waals surface area contributed by atoms with Crippen molar-refractivity contribution in [3.8, 4) is 0 Å². The Balaban J connectivity index is 1.67. The van der Waals surface area contributed by atoms with Crippen LogP contribution in [0.5, 0.6) is 0 Å². The van der Waals surface area contributed by atoms with Crippen molar-refractivity contribution in [3.05, 3.63) is 46.8 Å². The van der Waals surface area contributed by atoms with Gasteiger partial charge < -0.3 is 5.32 Å². The normalized spacial score (nSPS) is 17.8. The lowest BCUT2D eigenvalue weighted by Gasteiger charge is -2.18. The number of hydrogen-bond acceptors (Lipinski definition) is 3. The van der Waals surface area contributed by atoms with Crippen LogP contribution in [0.15, 0.2) is 29.2 Å². The van der Waals surface area contributed by atoms with Crippen LogP contribution in [0.25, 0.3) is 0 Å². The molecular weight excluding hydrogens is 306 g/mol. The van der Waals surface area contributed by atoms with Gasteiger partial charge in [-0.25, -0.2) is 0 Å². The average molecular weight is 329 g/mol. The molecule has 1 aromatic heterocycles. The van der Waals surface area contributed by atoms with Crippen LogP contribution in [0, 0.1) is 13.8 Å². The third kappa shape index (κ3) is 3.15. The van der Waals surface area contributed by atoms with E-state index in [-0.39, 0.29) is 17.9 Å². The molecule has 1 amide bonds. The quantitative estimate of drug-likeness (QED) is 0.938. The molecule has 0 saturated heterocycles. The number of carbonyl (C=O) groups excluding carboxylic acids is 1. The summed E-state index contributed by atoms with van der Waals surface area (Å²) in [4.78, 5) is 13.9. The van der Waals surface area contributed by atoms with Crippen molar-refractivity contribution in [2.45, 2.75) is 44.0 Å². The van der Waals surface area contributed by atoms with Crippen LogP contribution < -0.4 is 5.32 Å². The van der Waals surface area contributed by atoms with Crippen molar-refractivity contribution in [1.29, 1.82) is 0 Å². The first-order valence-corrected chi connectivity index (χ1v) is 8.97. The van der Waals surface area contributed by atoms with E-state index in [1.165, 1.54) is 16.2 Å². The van der Waals surface area contributed by atoms with Crippen molar-refractivity contribution in [1.82, 2.24) is 15.1 Å². The van der Waals surface area contributed by atoms with Crippen molar-refractivity contribution in [2.24, 2.45) is 7.05 Å². The van der Waals surface area contributed by atoms with E-state index in [4.69, 9.17) is 0 Å². The minimum Gasteiger partial charge on any atom is -0.353 e. The monoisotopic (exact) mass is 329 g/mol. The molecule has 2 aromatic rings. The molecule has 2 atom stereocenters. The third-order valence-corrected chi connectivity index (χ3v) is 5.76. The SMILES string of the molecule is Cc1nn(C)c(C)c1C[C@@H](C)NC(=O)[C@@H]1CSc2ccccc21. The lowest BCUT2D eigenvalue weighted by molar-refractivity contribution is -0.122. The first-order chi connectivity index (χ1) is 11.0. The molecule has 4 nitrogen and oxygen atoms in total. The van der Waals surface area contributed by atoms with Gasteiger partial charge in [0.1, 0.15) is 0 Å². The van der Waals surface area contributed by atoms with Gasteiger partial charge in [-0.15, -0.1) is 11.8 Å². The van der Waals surface area contributed by atoms with Crippen LogP contribution in [0.3, 0.4) is 0 Å². The van der Waals surface area contributed by atoms with Gasteiger partial charge >= 0.3 is 0 Å². The molecule has 2 heterocycles. The summed E-state index contributed by atoms with van der Waals surface area (Å²) < 4.78 is 1.91. The number of rotatable bonds is 4. The second-order valence-corrected chi connectivity index (χ2v) is 7.35. The second kappa shape index (κ2) is 6.40. The van der Waals surface area contributed by atoms with Gasteiger partial charge in [0, 0.05) is 29.4 Å². The van der Waals surface area contributed by atoms with Gasteiger partial charge in [-0.2, -0.15) is 5.10 Å². The molecule has 0 radical (unpaired) electrons. The van der Waals surface area contributed by atoms with E-state index in [2.05, 4.69) is 36.4 Å². The summed E-state index contributed by atoms with van der Waals surface area (Å²) in [6.45, 7) is 6.17. The Kier molecular flexibility index (Phi) is 4.48. The van der Waals surface area contributed by atoms with Crippen LogP contribution >= 0.6 is 11.8 Å². The van der Waals surface area contributed by atoms with E-state index in [1.54, 1.807) is 11.8 Å². The number of fused-ring (bicyclic) bond motifs is 1. The minimum atomic E-state index is -0.0326. The Labute approximate surface area is 141 Å². The summed E-state index contributed by atoms with van der Waals surface area (Å²) in [5.41, 5.74) is 4.62. The zero-order chi connectivity index (χ0) is 16.6. The standard InChI is InChI=1S/C18H23N3OS/c1-11(9-15-12(2)20-21(4)13(15)3)19-18(22)16-10-23-17-8-6-5-7-14(16)17/h5-8,11,16H,9-10H2,1-4H3,(H,19,22)/t11-,16-/m1/s1. The molecule has 1 aromatic carbocycles. The Hall–Kier alpha value is -1.75. The maximum Gasteiger partial charge on any atom is 0.228 e. The summed E-state index contributed by atoms with van der Waals surface area (Å²) in [6, 6.07) is 8.31. The predicted molar refractivity (Wildman–Crippen MR) is 93.9 cm³/mol. The molecule has 1 N–H and O–H groups in total. The summed E-state index contributed by atoms with van der Waals surface area (Å²) >= 11 is 1.77. The maximum atomic E-state index is 12.6. The molecule has 1 aliphatic rings. The second-order valence-electron chi connectivity index (χ2n) is 6.29. The van der Waals surface area contributed by atoms with Gasteiger partial charge in [0.2, 0.25) is 5.91 Å². The van der Waals surface area contributed by atoms with E-state index >= 15 is 0 Å². The van der Waals surface area contributed by atoms with E-state index in [9.17, 15) is 4.79 Å². The fourth-order valence-electron chi connectivity index (χ4n) is 3.19. The molecule has 0 spiro atoms. The molecule has 3 rings (SSSR count). The highest BCUT2D eigenvalue weighted by Crippen LogP contribution is 2.39. The van der Waals surface area contributed by atoms with E-state index in [0.29, 0.717) is 0 Å². The largest absolute Gasteiger partial charge is 0.353 e. The highest BCUT2D eigenvalue weighted by atomic mass is 32.2. The number of aromatic nitrogens is 2. The molecule has 0 saturated carbocycles. The number of nitrogens with one attached hydrogen (secondary N) is 1. The Morgan fingerprint density at radius 1 is 1.43 bits per heavy atom. The topological polar surface area (TPSA) is 46.9 Å². The summed E-state index contributed by atoms with van der Waals surface area (Å²) in [5, 5.41) is 7.64. The fourth-order valence-corrected chi connectivity index (χ4v) is 4.42. The van der Waals surface area contributed by atoms with Crippen LogP contribution in [-0.2, 0) is 18.3 Å². The zero-order valence-corrected chi connectivity index (χ0v) is 14.9. The molecule has 0 fully saturated rings. The molecule has 1 aliphatic heterocycles. The van der Waals surface area contributed by atoms with Crippen molar-refractivity contribution in [2.75, 3.05) is 5.75 Å². The van der Waals surface area contributed by atoms with Crippen molar-refractivity contribution < 1.29 is 4.79 Å². The predicted octanol–water partition coefficient (Wildman–Crippen LogP) is 2.97. The highest BCUT2D eigenvalue weighted by molar-refractivity contribution is 7.99. The van der Waals surface area contributed by atoms with Crippen LogP contribution in [-0.4, -0.2) is 27.5 Å². The van der Waals surface area contributed by atoms with Gasteiger partial charge in [0.05, 0.1) is 11.6 Å². The molecule has 0 bridgehead atoms. The molecule has 0 unspecified atom stereocenters. The van der Waals surface area contributed by atoms with Gasteiger partial charge in [0.15, 0.2) is 0 Å². The number of carbonyl (C=O) groups is 1. The lowest BCUT2D eigenvalue weighted by Crippen LogP contribution is -2.37. The highest BCUT2D eigenvalue weighted by Gasteiger charge is 2.29. The maximum absolute atomic E-state index is 12.6. The van der Waals surface area contributed by atoms with Crippen molar-refractivity contribution in [3.63, 3.8) is 0 Å². The first kappa shape index (κ1) is 16.1. The van der Waals surface area contributed by atoms with E-state index in [1.807, 2.05) is 30.8 Å². The number of benzene rings is 1. The van der Waals surface area contributed by atoms with Crippen LogP contribution in [0.1, 0.15) is 35.4 Å². The Bertz CT molecular complexity index is 738. The van der Waals surface area contributed by atoms with Gasteiger partial charge in [-0.1, -0.05) is 18.2 Å². The number of aryl methyl sites for hydroxylation is 2. The first-order valence-electron chi connectivity index (χ1n) is 7.98. The summed E-state index contributed by atoms with van der Waals surface area (Å²) in [6.07, 6.45) is 0.818. The number of amides is 1. The lowest BCUT2D eigenvalue weighted by atomic mass is 9.99. The zero-order valence-electron chi connectivity index (χ0n) is 14.1. The Morgan fingerprint density at radius 3 is 2.87 bits per heavy atom. The number of nitrogens with zero attached hydrogens (tertiary/aromatic N) is 2. The van der Waals surface area contributed by atoms with Gasteiger partial charge in [-0.05, 0) is 44.4 Å².